The van der Waals surface area contributed by atoms with Crippen LogP contribution in [0.25, 0.3) is 11.4 Å². The van der Waals surface area contributed by atoms with Gasteiger partial charge in [-0.05, 0) is 50.3 Å². The third-order valence-corrected chi connectivity index (χ3v) is 3.93. The van der Waals surface area contributed by atoms with Crippen LogP contribution in [0.15, 0.2) is 24.3 Å². The second-order valence-corrected chi connectivity index (χ2v) is 7.10. The zero-order valence-corrected chi connectivity index (χ0v) is 15.1. The van der Waals surface area contributed by atoms with Crippen LogP contribution < -0.4 is 4.90 Å². The van der Waals surface area contributed by atoms with Gasteiger partial charge < -0.3 is 14.5 Å². The molecule has 25 heavy (non-hydrogen) atoms. The molecule has 0 bridgehead atoms. The Kier molecular flexibility index (Phi) is 4.61. The summed E-state index contributed by atoms with van der Waals surface area (Å²) >= 11 is 0. The van der Waals surface area contributed by atoms with E-state index >= 15 is 0 Å². The zero-order chi connectivity index (χ0) is 18.0. The summed E-state index contributed by atoms with van der Waals surface area (Å²) in [6.45, 7) is 8.52. The van der Waals surface area contributed by atoms with Gasteiger partial charge in [0.15, 0.2) is 0 Å². The molecule has 1 fully saturated rings. The first kappa shape index (κ1) is 17.2. The van der Waals surface area contributed by atoms with Gasteiger partial charge in [-0.3, -0.25) is 0 Å². The molecule has 0 spiro atoms. The van der Waals surface area contributed by atoms with Crippen molar-refractivity contribution >= 4 is 11.8 Å². The minimum atomic E-state index is -0.460. The molecule has 3 rings (SSSR count). The number of aromatic nitrogens is 4. The molecule has 0 radical (unpaired) electrons. The van der Waals surface area contributed by atoms with Crippen LogP contribution in [0.1, 0.15) is 20.8 Å². The molecule has 2 heterocycles. The summed E-state index contributed by atoms with van der Waals surface area (Å²) in [7, 11) is 1.75. The van der Waals surface area contributed by atoms with Gasteiger partial charge >= 0.3 is 6.09 Å². The number of tetrazole rings is 1. The second-order valence-electron chi connectivity index (χ2n) is 7.10. The Labute approximate surface area is 147 Å². The Morgan fingerprint density at radius 2 is 1.72 bits per heavy atom. The molecule has 0 unspecified atom stereocenters. The van der Waals surface area contributed by atoms with Gasteiger partial charge in [0.2, 0.25) is 5.82 Å². The van der Waals surface area contributed by atoms with E-state index in [-0.39, 0.29) is 6.09 Å². The molecule has 8 heteroatoms. The largest absolute Gasteiger partial charge is 0.444 e. The summed E-state index contributed by atoms with van der Waals surface area (Å²) in [5, 5.41) is 12.1. The number of hydrogen-bond acceptors (Lipinski definition) is 6. The number of nitrogens with zero attached hydrogens (tertiary/aromatic N) is 6. The number of anilines is 1. The number of hydrogen-bond donors (Lipinski definition) is 0. The van der Waals surface area contributed by atoms with Gasteiger partial charge in [0, 0.05) is 37.4 Å². The van der Waals surface area contributed by atoms with Crippen LogP contribution >= 0.6 is 0 Å². The molecule has 0 atom stereocenters. The number of rotatable bonds is 2. The van der Waals surface area contributed by atoms with Gasteiger partial charge in [-0.2, -0.15) is 4.80 Å². The van der Waals surface area contributed by atoms with Crippen molar-refractivity contribution in [3.8, 4) is 11.4 Å². The SMILES string of the molecule is Cn1nnc(-c2ccc(N3CCN(C(=O)OC(C)(C)C)CC3)cc2)n1. The lowest BCUT2D eigenvalue weighted by molar-refractivity contribution is 0.0240. The monoisotopic (exact) mass is 344 g/mol. The number of carbonyl (C=O) groups is 1. The fourth-order valence-corrected chi connectivity index (χ4v) is 2.69. The highest BCUT2D eigenvalue weighted by Crippen LogP contribution is 2.22. The summed E-state index contributed by atoms with van der Waals surface area (Å²) in [5.74, 6) is 0.615. The smallest absolute Gasteiger partial charge is 0.410 e. The molecule has 1 aromatic carbocycles. The van der Waals surface area contributed by atoms with E-state index in [2.05, 4.69) is 32.4 Å². The van der Waals surface area contributed by atoms with Crippen molar-refractivity contribution in [1.82, 2.24) is 25.1 Å². The van der Waals surface area contributed by atoms with Gasteiger partial charge in [-0.1, -0.05) is 0 Å². The maximum absolute atomic E-state index is 12.1. The van der Waals surface area contributed by atoms with Crippen LogP contribution in [-0.4, -0.2) is 63.0 Å². The van der Waals surface area contributed by atoms with Crippen molar-refractivity contribution in [1.29, 1.82) is 0 Å². The Hall–Kier alpha value is -2.64. The van der Waals surface area contributed by atoms with E-state index in [1.54, 1.807) is 11.9 Å². The average Bonchev–Trinajstić information content (AvgIpc) is 3.00. The highest BCUT2D eigenvalue weighted by molar-refractivity contribution is 5.69. The van der Waals surface area contributed by atoms with Crippen molar-refractivity contribution < 1.29 is 9.53 Å². The molecular formula is C17H24N6O2. The summed E-state index contributed by atoms with van der Waals surface area (Å²) in [4.78, 5) is 17.6. The Balaban J connectivity index is 1.59. The van der Waals surface area contributed by atoms with Crippen LogP contribution in [0.4, 0.5) is 10.5 Å². The topological polar surface area (TPSA) is 76.4 Å². The van der Waals surface area contributed by atoms with Crippen LogP contribution in [0.2, 0.25) is 0 Å². The Bertz CT molecular complexity index is 726. The van der Waals surface area contributed by atoms with Crippen molar-refractivity contribution in [3.63, 3.8) is 0 Å². The van der Waals surface area contributed by atoms with E-state index in [0.29, 0.717) is 18.9 Å². The molecule has 1 aromatic heterocycles. The van der Waals surface area contributed by atoms with E-state index in [1.165, 1.54) is 4.80 Å². The van der Waals surface area contributed by atoms with Crippen molar-refractivity contribution in [2.75, 3.05) is 31.1 Å². The third-order valence-electron chi connectivity index (χ3n) is 3.93. The molecule has 0 saturated carbocycles. The van der Waals surface area contributed by atoms with E-state index in [9.17, 15) is 4.79 Å². The lowest BCUT2D eigenvalue weighted by atomic mass is 10.1. The number of aryl methyl sites for hydroxylation is 1. The maximum Gasteiger partial charge on any atom is 0.410 e. The summed E-state index contributed by atoms with van der Waals surface area (Å²) < 4.78 is 5.43. The molecule has 1 saturated heterocycles. The predicted octanol–water partition coefficient (Wildman–Crippen LogP) is 1.93. The molecule has 134 valence electrons. The lowest BCUT2D eigenvalue weighted by Gasteiger charge is -2.36. The predicted molar refractivity (Wildman–Crippen MR) is 94.3 cm³/mol. The minimum Gasteiger partial charge on any atom is -0.444 e. The first-order chi connectivity index (χ1) is 11.8. The molecule has 1 aliphatic heterocycles. The maximum atomic E-state index is 12.1. The van der Waals surface area contributed by atoms with E-state index in [1.807, 2.05) is 32.9 Å². The highest BCUT2D eigenvalue weighted by Gasteiger charge is 2.25. The standard InChI is InChI=1S/C17H24N6O2/c1-17(2,3)25-16(24)23-11-9-22(10-12-23)14-7-5-13(6-8-14)15-18-20-21(4)19-15/h5-8H,9-12H2,1-4H3. The zero-order valence-electron chi connectivity index (χ0n) is 15.1. The third kappa shape index (κ3) is 4.26. The quantitative estimate of drug-likeness (QED) is 0.829. The number of piperazine rings is 1. The van der Waals surface area contributed by atoms with E-state index < -0.39 is 5.60 Å². The molecule has 0 N–H and O–H groups in total. The van der Waals surface area contributed by atoms with E-state index in [0.717, 1.165) is 24.3 Å². The normalized spacial score (nSPS) is 15.4. The minimum absolute atomic E-state index is 0.240. The van der Waals surface area contributed by atoms with Gasteiger partial charge in [-0.25, -0.2) is 4.79 Å². The Morgan fingerprint density at radius 3 is 2.24 bits per heavy atom. The number of amides is 1. The van der Waals surface area contributed by atoms with Gasteiger partial charge in [0.05, 0.1) is 7.05 Å². The molecule has 2 aromatic rings. The molecular weight excluding hydrogens is 320 g/mol. The van der Waals surface area contributed by atoms with E-state index in [4.69, 9.17) is 4.74 Å². The lowest BCUT2D eigenvalue weighted by Crippen LogP contribution is -2.50. The summed E-state index contributed by atoms with van der Waals surface area (Å²) in [5.41, 5.74) is 1.60. The van der Waals surface area contributed by atoms with Gasteiger partial charge in [0.25, 0.3) is 0 Å². The second kappa shape index (κ2) is 6.70. The van der Waals surface area contributed by atoms with Gasteiger partial charge in [0.1, 0.15) is 5.60 Å². The van der Waals surface area contributed by atoms with Crippen molar-refractivity contribution in [2.24, 2.45) is 7.05 Å². The highest BCUT2D eigenvalue weighted by atomic mass is 16.6. The van der Waals surface area contributed by atoms with Crippen molar-refractivity contribution in [3.05, 3.63) is 24.3 Å². The molecule has 1 amide bonds. The van der Waals surface area contributed by atoms with Crippen LogP contribution in [0.5, 0.6) is 0 Å². The Morgan fingerprint density at radius 1 is 1.08 bits per heavy atom. The molecule has 0 aliphatic carbocycles. The molecule has 8 nitrogen and oxygen atoms in total. The summed E-state index contributed by atoms with van der Waals surface area (Å²) in [6, 6.07) is 8.09. The first-order valence-corrected chi connectivity index (χ1v) is 8.39. The summed E-state index contributed by atoms with van der Waals surface area (Å²) in [6.07, 6.45) is -0.240. The number of benzene rings is 1. The number of carbonyl (C=O) groups excluding carboxylic acids is 1. The van der Waals surface area contributed by atoms with Crippen molar-refractivity contribution in [2.45, 2.75) is 26.4 Å². The van der Waals surface area contributed by atoms with Crippen LogP contribution in [-0.2, 0) is 11.8 Å². The van der Waals surface area contributed by atoms with Gasteiger partial charge in [-0.15, -0.1) is 10.2 Å². The first-order valence-electron chi connectivity index (χ1n) is 8.39. The number of ether oxygens (including phenoxy) is 1. The molecule has 1 aliphatic rings. The fourth-order valence-electron chi connectivity index (χ4n) is 2.69. The van der Waals surface area contributed by atoms with Crippen LogP contribution in [0, 0.1) is 0 Å². The average molecular weight is 344 g/mol. The fraction of sp³-hybridized carbons (Fsp3) is 0.529. The van der Waals surface area contributed by atoms with Crippen LogP contribution in [0.3, 0.4) is 0 Å².